The van der Waals surface area contributed by atoms with Gasteiger partial charge in [0.2, 0.25) is 0 Å². The minimum Gasteiger partial charge on any atom is -0.322 e. The predicted molar refractivity (Wildman–Crippen MR) is 94.0 cm³/mol. The summed E-state index contributed by atoms with van der Waals surface area (Å²) in [4.78, 5) is 12.2. The van der Waals surface area contributed by atoms with Crippen LogP contribution in [0.15, 0.2) is 45.3 Å². The highest BCUT2D eigenvalue weighted by Crippen LogP contribution is 2.26. The zero-order valence-electron chi connectivity index (χ0n) is 9.38. The maximum absolute atomic E-state index is 12.2. The topological polar surface area (TPSA) is 29.1 Å². The van der Waals surface area contributed by atoms with E-state index >= 15 is 0 Å². The maximum atomic E-state index is 12.2. The highest BCUT2D eigenvalue weighted by Gasteiger charge is 2.11. The number of anilines is 1. The second-order valence-corrected chi connectivity index (χ2v) is 7.07. The van der Waals surface area contributed by atoms with E-state index in [0.29, 0.717) is 16.3 Å². The van der Waals surface area contributed by atoms with E-state index in [4.69, 9.17) is 11.6 Å². The number of carbonyl (C=O) groups is 1. The second-order valence-electron chi connectivity index (χ2n) is 3.71. The summed E-state index contributed by atoms with van der Waals surface area (Å²) in [6.07, 6.45) is 0. The smallest absolute Gasteiger partial charge is 0.256 e. The van der Waals surface area contributed by atoms with Crippen molar-refractivity contribution in [1.82, 2.24) is 0 Å². The lowest BCUT2D eigenvalue weighted by Crippen LogP contribution is -2.12. The number of hydrogen-bond donors (Lipinski definition) is 1. The van der Waals surface area contributed by atoms with Gasteiger partial charge in [-0.05, 0) is 90.8 Å². The van der Waals surface area contributed by atoms with Crippen molar-refractivity contribution < 1.29 is 4.79 Å². The summed E-state index contributed by atoms with van der Waals surface area (Å²) in [5, 5.41) is 3.37. The normalized spacial score (nSPS) is 10.3. The molecule has 0 spiro atoms. The first-order chi connectivity index (χ1) is 8.97. The van der Waals surface area contributed by atoms with Crippen LogP contribution in [0.3, 0.4) is 0 Å². The number of nitrogens with one attached hydrogen (secondary N) is 1. The van der Waals surface area contributed by atoms with Gasteiger partial charge in [0.1, 0.15) is 0 Å². The molecule has 2 nitrogen and oxygen atoms in total. The molecule has 19 heavy (non-hydrogen) atoms. The number of benzene rings is 2. The second kappa shape index (κ2) is 6.56. The van der Waals surface area contributed by atoms with Crippen LogP contribution in [-0.2, 0) is 0 Å². The molecule has 2 aromatic carbocycles. The first kappa shape index (κ1) is 15.3. The van der Waals surface area contributed by atoms with Crippen LogP contribution in [0.4, 0.5) is 5.69 Å². The minimum atomic E-state index is -0.177. The highest BCUT2D eigenvalue weighted by atomic mass is 127. The van der Waals surface area contributed by atoms with Gasteiger partial charge in [0, 0.05) is 18.2 Å². The molecule has 0 bridgehead atoms. The fourth-order valence-corrected chi connectivity index (χ4v) is 2.79. The lowest BCUT2D eigenvalue weighted by molar-refractivity contribution is 0.102. The van der Waals surface area contributed by atoms with Crippen molar-refractivity contribution in [2.24, 2.45) is 0 Å². The van der Waals surface area contributed by atoms with Crippen LogP contribution in [0.25, 0.3) is 0 Å². The van der Waals surface area contributed by atoms with Gasteiger partial charge >= 0.3 is 0 Å². The van der Waals surface area contributed by atoms with E-state index in [1.165, 1.54) is 0 Å². The zero-order valence-corrected chi connectivity index (χ0v) is 15.5. The quantitative estimate of drug-likeness (QED) is 0.510. The Morgan fingerprint density at radius 1 is 1.11 bits per heavy atom. The van der Waals surface area contributed by atoms with Crippen LogP contribution < -0.4 is 5.32 Å². The number of hydrogen-bond acceptors (Lipinski definition) is 1. The van der Waals surface area contributed by atoms with Crippen molar-refractivity contribution in [1.29, 1.82) is 0 Å². The lowest BCUT2D eigenvalue weighted by Gasteiger charge is -2.08. The van der Waals surface area contributed by atoms with Crippen LogP contribution in [0.5, 0.6) is 0 Å². The van der Waals surface area contributed by atoms with Gasteiger partial charge in [0.15, 0.2) is 0 Å². The largest absolute Gasteiger partial charge is 0.322 e. The first-order valence-electron chi connectivity index (χ1n) is 5.19. The highest BCUT2D eigenvalue weighted by molar-refractivity contribution is 14.1. The van der Waals surface area contributed by atoms with Gasteiger partial charge in [-0.2, -0.15) is 0 Å². The van der Waals surface area contributed by atoms with E-state index in [1.54, 1.807) is 18.2 Å². The zero-order chi connectivity index (χ0) is 14.0. The van der Waals surface area contributed by atoms with Crippen LogP contribution in [-0.4, -0.2) is 5.91 Å². The van der Waals surface area contributed by atoms with E-state index in [2.05, 4.69) is 59.8 Å². The molecule has 2 rings (SSSR count). The third-order valence-electron chi connectivity index (χ3n) is 2.35. The van der Waals surface area contributed by atoms with E-state index < -0.39 is 0 Å². The summed E-state index contributed by atoms with van der Waals surface area (Å²) in [5.74, 6) is -0.177. The first-order valence-corrected chi connectivity index (χ1v) is 8.23. The average molecular weight is 515 g/mol. The van der Waals surface area contributed by atoms with Crippen molar-refractivity contribution in [2.75, 3.05) is 5.32 Å². The van der Waals surface area contributed by atoms with Crippen LogP contribution >= 0.6 is 66.1 Å². The molecule has 98 valence electrons. The van der Waals surface area contributed by atoms with Gasteiger partial charge in [-0.25, -0.2) is 0 Å². The third-order valence-corrected chi connectivity index (χ3v) is 4.95. The third kappa shape index (κ3) is 3.93. The lowest BCUT2D eigenvalue weighted by atomic mass is 10.2. The minimum absolute atomic E-state index is 0.177. The van der Waals surface area contributed by atoms with Crippen molar-refractivity contribution in [3.05, 3.63) is 59.5 Å². The molecule has 0 atom stereocenters. The van der Waals surface area contributed by atoms with E-state index in [9.17, 15) is 4.79 Å². The molecule has 0 saturated heterocycles. The summed E-state index contributed by atoms with van der Waals surface area (Å²) < 4.78 is 2.55. The number of rotatable bonds is 2. The molecule has 0 aliphatic heterocycles. The summed E-state index contributed by atoms with van der Waals surface area (Å²) >= 11 is 14.8. The molecule has 0 radical (unpaired) electrons. The molecule has 0 heterocycles. The van der Waals surface area contributed by atoms with Gasteiger partial charge in [-0.15, -0.1) is 0 Å². The molecule has 0 unspecified atom stereocenters. The molecular weight excluding hydrogens is 508 g/mol. The molecule has 1 N–H and O–H groups in total. The Bertz CT molecular complexity index is 649. The molecule has 1 amide bonds. The van der Waals surface area contributed by atoms with Crippen LogP contribution in [0, 0.1) is 3.57 Å². The molecule has 0 aliphatic carbocycles. The molecule has 0 saturated carbocycles. The van der Waals surface area contributed by atoms with Gasteiger partial charge in [-0.3, -0.25) is 4.79 Å². The van der Waals surface area contributed by atoms with Crippen molar-refractivity contribution in [3.63, 3.8) is 0 Å². The molecule has 0 aliphatic rings. The molecule has 6 heteroatoms. The van der Waals surface area contributed by atoms with Gasteiger partial charge in [0.25, 0.3) is 5.91 Å². The Hall–Kier alpha value is -0.110. The Morgan fingerprint density at radius 3 is 2.47 bits per heavy atom. The average Bonchev–Trinajstić information content (AvgIpc) is 2.36. The molecule has 2 aromatic rings. The Morgan fingerprint density at radius 2 is 1.79 bits per heavy atom. The number of halogens is 4. The Kier molecular flexibility index (Phi) is 5.28. The fourth-order valence-electron chi connectivity index (χ4n) is 1.44. The van der Waals surface area contributed by atoms with Crippen LogP contribution in [0.1, 0.15) is 10.4 Å². The van der Waals surface area contributed by atoms with Crippen molar-refractivity contribution >= 4 is 77.6 Å². The Labute approximate surface area is 146 Å². The number of amides is 1. The van der Waals surface area contributed by atoms with Crippen LogP contribution in [0.2, 0.25) is 5.02 Å². The van der Waals surface area contributed by atoms with E-state index in [-0.39, 0.29) is 5.91 Å². The van der Waals surface area contributed by atoms with E-state index in [1.807, 2.05) is 18.2 Å². The fraction of sp³-hybridized carbons (Fsp3) is 0. The molecular formula is C13H7Br2ClINO. The van der Waals surface area contributed by atoms with Crippen molar-refractivity contribution in [2.45, 2.75) is 0 Å². The summed E-state index contributed by atoms with van der Waals surface area (Å²) in [6.45, 7) is 0. The van der Waals surface area contributed by atoms with E-state index in [0.717, 1.165) is 12.5 Å². The van der Waals surface area contributed by atoms with Gasteiger partial charge < -0.3 is 5.32 Å². The van der Waals surface area contributed by atoms with Gasteiger partial charge in [-0.1, -0.05) is 11.6 Å². The molecule has 0 fully saturated rings. The standard InChI is InChI=1S/C13H7Br2ClINO/c14-10-3-1-7(17)5-9(10)13(19)18-8-2-4-11(15)12(16)6-8/h1-6H,(H,18,19). The maximum Gasteiger partial charge on any atom is 0.256 e. The summed E-state index contributed by atoms with van der Waals surface area (Å²) in [6, 6.07) is 10.9. The summed E-state index contributed by atoms with van der Waals surface area (Å²) in [7, 11) is 0. The molecule has 0 aromatic heterocycles. The Balaban J connectivity index is 2.25. The van der Waals surface area contributed by atoms with Crippen molar-refractivity contribution in [3.8, 4) is 0 Å². The monoisotopic (exact) mass is 513 g/mol. The predicted octanol–water partition coefficient (Wildman–Crippen LogP) is 5.72. The van der Waals surface area contributed by atoms with Gasteiger partial charge in [0.05, 0.1) is 10.6 Å². The SMILES string of the molecule is O=C(Nc1ccc(Br)c(Cl)c1)c1cc(I)ccc1Br. The summed E-state index contributed by atoms with van der Waals surface area (Å²) in [5.41, 5.74) is 1.25. The number of carbonyl (C=O) groups excluding carboxylic acids is 1.